The molecule has 10 heteroatoms. The minimum atomic E-state index is -4.53. The Morgan fingerprint density at radius 2 is 0.950 bits per heavy atom. The average molecular weight is 863 g/mol. The second-order valence-electron chi connectivity index (χ2n) is 15.4. The first-order valence-corrected chi connectivity index (χ1v) is 25.1. The van der Waals surface area contributed by atoms with Crippen molar-refractivity contribution in [1.29, 1.82) is 0 Å². The van der Waals surface area contributed by atoms with Gasteiger partial charge in [-0.3, -0.25) is 13.8 Å². The number of allylic oxidation sites excluding steroid dienone is 14. The van der Waals surface area contributed by atoms with E-state index in [1.807, 2.05) is 0 Å². The van der Waals surface area contributed by atoms with Crippen LogP contribution in [0.25, 0.3) is 0 Å². The summed E-state index contributed by atoms with van der Waals surface area (Å²) >= 11 is 0. The standard InChI is InChI=1S/C50H87O9P/c1-3-5-7-9-11-13-15-17-19-20-21-22-23-24-25-26-27-29-31-33-35-37-39-41-43-56-46-49(47-58-60(54,55)57-45-48(52)44-51)59-50(53)42-40-38-36-34-32-30-28-18-16-14-12-10-8-6-4-2/h5,7,11,13,17-19,21-22,24-25,27-29,48-49,51-52H,3-4,6,8-10,12,14-16,20,23,26,30-47H2,1-2H3,(H,54,55)/b7-5-,13-11-,19-17-,22-21-,25-24-,28-18-,29-27-. The fourth-order valence-corrected chi connectivity index (χ4v) is 6.79. The number of phosphoric acid groups is 1. The topological polar surface area (TPSA) is 132 Å². The number of unbranched alkanes of at least 4 members (excludes halogenated alkanes) is 16. The number of hydrogen-bond acceptors (Lipinski definition) is 8. The Morgan fingerprint density at radius 1 is 0.533 bits per heavy atom. The lowest BCUT2D eigenvalue weighted by atomic mass is 10.1. The van der Waals surface area contributed by atoms with E-state index in [4.69, 9.17) is 23.6 Å². The second kappa shape index (κ2) is 46.2. The van der Waals surface area contributed by atoms with Crippen LogP contribution < -0.4 is 0 Å². The third-order valence-corrected chi connectivity index (χ3v) is 10.5. The number of rotatable bonds is 44. The molecule has 346 valence electrons. The molecule has 0 aliphatic carbocycles. The third-order valence-electron chi connectivity index (χ3n) is 9.56. The van der Waals surface area contributed by atoms with Gasteiger partial charge in [-0.25, -0.2) is 4.57 Å². The van der Waals surface area contributed by atoms with Crippen molar-refractivity contribution in [2.75, 3.05) is 33.0 Å². The molecule has 0 aromatic carbocycles. The van der Waals surface area contributed by atoms with Crippen LogP contribution >= 0.6 is 7.82 Å². The number of carbonyl (C=O) groups is 1. The summed E-state index contributed by atoms with van der Waals surface area (Å²) in [6, 6.07) is 0. The maximum absolute atomic E-state index is 12.6. The largest absolute Gasteiger partial charge is 0.472 e. The van der Waals surface area contributed by atoms with Crippen LogP contribution in [0.5, 0.6) is 0 Å². The van der Waals surface area contributed by atoms with Crippen LogP contribution in [-0.4, -0.2) is 66.3 Å². The molecule has 0 aliphatic heterocycles. The van der Waals surface area contributed by atoms with Crippen molar-refractivity contribution >= 4 is 13.8 Å². The Balaban J connectivity index is 4.19. The number of phosphoric ester groups is 1. The summed E-state index contributed by atoms with van der Waals surface area (Å²) < 4.78 is 33.4. The molecular weight excluding hydrogens is 776 g/mol. The van der Waals surface area contributed by atoms with Crippen LogP contribution in [0.3, 0.4) is 0 Å². The van der Waals surface area contributed by atoms with E-state index in [0.717, 1.165) is 109 Å². The zero-order valence-electron chi connectivity index (χ0n) is 37.9. The molecule has 0 aliphatic rings. The van der Waals surface area contributed by atoms with Crippen molar-refractivity contribution in [3.63, 3.8) is 0 Å². The smallest absolute Gasteiger partial charge is 0.457 e. The molecule has 0 radical (unpaired) electrons. The minimum absolute atomic E-state index is 0.0278. The van der Waals surface area contributed by atoms with Gasteiger partial charge in [0.1, 0.15) is 12.2 Å². The summed E-state index contributed by atoms with van der Waals surface area (Å²) in [5, 5.41) is 18.4. The fraction of sp³-hybridized carbons (Fsp3) is 0.700. The normalized spacial score (nSPS) is 14.7. The Bertz CT molecular complexity index is 1210. The quantitative estimate of drug-likeness (QED) is 0.0237. The zero-order valence-corrected chi connectivity index (χ0v) is 38.8. The van der Waals surface area contributed by atoms with E-state index < -0.39 is 45.8 Å². The van der Waals surface area contributed by atoms with Gasteiger partial charge in [0, 0.05) is 13.0 Å². The highest BCUT2D eigenvalue weighted by molar-refractivity contribution is 7.47. The molecule has 9 nitrogen and oxygen atoms in total. The predicted octanol–water partition coefficient (Wildman–Crippen LogP) is 13.5. The zero-order chi connectivity index (χ0) is 43.9. The van der Waals surface area contributed by atoms with E-state index in [1.54, 1.807) is 0 Å². The molecule has 0 aromatic heterocycles. The van der Waals surface area contributed by atoms with Gasteiger partial charge in [-0.2, -0.15) is 0 Å². The second-order valence-corrected chi connectivity index (χ2v) is 16.8. The molecule has 3 N–H and O–H groups in total. The molecule has 0 bridgehead atoms. The number of aliphatic hydroxyl groups excluding tert-OH is 2. The SMILES string of the molecule is CC/C=C\C/C=C\C/C=C\C/C=C\C/C=C\C/C=C\CCCCCCCOCC(COP(=O)(O)OCC(O)CO)OC(=O)CCCCCCC/C=C\CCCCCCCC. The predicted molar refractivity (Wildman–Crippen MR) is 251 cm³/mol. The van der Waals surface area contributed by atoms with Crippen LogP contribution in [-0.2, 0) is 27.9 Å². The number of ether oxygens (including phenoxy) is 2. The van der Waals surface area contributed by atoms with Gasteiger partial charge in [-0.1, -0.05) is 170 Å². The summed E-state index contributed by atoms with van der Waals surface area (Å²) in [7, 11) is -4.53. The molecule has 0 saturated carbocycles. The Kier molecular flexibility index (Phi) is 44.3. The molecule has 60 heavy (non-hydrogen) atoms. The molecule has 0 aromatic rings. The van der Waals surface area contributed by atoms with E-state index >= 15 is 0 Å². The van der Waals surface area contributed by atoms with Crippen molar-refractivity contribution in [3.05, 3.63) is 85.1 Å². The lowest BCUT2D eigenvalue weighted by Gasteiger charge is -2.20. The first kappa shape index (κ1) is 57.6. The Morgan fingerprint density at radius 3 is 1.45 bits per heavy atom. The average Bonchev–Trinajstić information content (AvgIpc) is 3.24. The first-order chi connectivity index (χ1) is 29.3. The molecule has 0 amide bonds. The van der Waals surface area contributed by atoms with Crippen LogP contribution in [0.15, 0.2) is 85.1 Å². The van der Waals surface area contributed by atoms with Gasteiger partial charge in [-0.15, -0.1) is 0 Å². The summed E-state index contributed by atoms with van der Waals surface area (Å²) in [6.07, 6.45) is 56.8. The lowest BCUT2D eigenvalue weighted by Crippen LogP contribution is -2.29. The molecule has 0 heterocycles. The molecule has 0 saturated heterocycles. The van der Waals surface area contributed by atoms with Crippen molar-refractivity contribution < 1.29 is 43.0 Å². The molecule has 0 rings (SSSR count). The van der Waals surface area contributed by atoms with Crippen molar-refractivity contribution in [2.45, 2.75) is 193 Å². The van der Waals surface area contributed by atoms with E-state index in [2.05, 4.69) is 98.9 Å². The highest BCUT2D eigenvalue weighted by Crippen LogP contribution is 2.43. The van der Waals surface area contributed by atoms with Gasteiger partial charge in [0.2, 0.25) is 0 Å². The molecular formula is C50H87O9P. The molecule has 3 unspecified atom stereocenters. The van der Waals surface area contributed by atoms with Crippen molar-refractivity contribution in [2.24, 2.45) is 0 Å². The van der Waals surface area contributed by atoms with Gasteiger partial charge >= 0.3 is 13.8 Å². The van der Waals surface area contributed by atoms with E-state index in [1.165, 1.54) is 44.9 Å². The Labute approximate surface area is 366 Å². The van der Waals surface area contributed by atoms with Gasteiger partial charge < -0.3 is 24.6 Å². The van der Waals surface area contributed by atoms with Gasteiger partial charge in [0.05, 0.1) is 26.4 Å². The summed E-state index contributed by atoms with van der Waals surface area (Å²) in [5.41, 5.74) is 0. The third kappa shape index (κ3) is 45.2. The lowest BCUT2D eigenvalue weighted by molar-refractivity contribution is -0.154. The van der Waals surface area contributed by atoms with E-state index in [0.29, 0.717) is 13.0 Å². The fourth-order valence-electron chi connectivity index (χ4n) is 6.00. The van der Waals surface area contributed by atoms with Crippen molar-refractivity contribution in [1.82, 2.24) is 0 Å². The minimum Gasteiger partial charge on any atom is -0.457 e. The summed E-state index contributed by atoms with van der Waals surface area (Å²) in [4.78, 5) is 22.6. The maximum atomic E-state index is 12.6. The summed E-state index contributed by atoms with van der Waals surface area (Å²) in [5.74, 6) is -0.402. The van der Waals surface area contributed by atoms with E-state index in [9.17, 15) is 19.4 Å². The van der Waals surface area contributed by atoms with Crippen LogP contribution in [0.4, 0.5) is 0 Å². The highest BCUT2D eigenvalue weighted by Gasteiger charge is 2.26. The molecule has 0 spiro atoms. The maximum Gasteiger partial charge on any atom is 0.472 e. The monoisotopic (exact) mass is 863 g/mol. The number of esters is 1. The van der Waals surface area contributed by atoms with Crippen molar-refractivity contribution in [3.8, 4) is 0 Å². The summed E-state index contributed by atoms with van der Waals surface area (Å²) in [6.45, 7) is 3.33. The number of aliphatic hydroxyl groups is 2. The first-order valence-electron chi connectivity index (χ1n) is 23.6. The number of hydrogen-bond donors (Lipinski definition) is 3. The van der Waals surface area contributed by atoms with E-state index in [-0.39, 0.29) is 13.0 Å². The van der Waals surface area contributed by atoms with Gasteiger partial charge in [0.15, 0.2) is 0 Å². The highest BCUT2D eigenvalue weighted by atomic mass is 31.2. The van der Waals surface area contributed by atoms with Crippen LogP contribution in [0.1, 0.15) is 181 Å². The van der Waals surface area contributed by atoms with Crippen LogP contribution in [0.2, 0.25) is 0 Å². The molecule has 0 fully saturated rings. The van der Waals surface area contributed by atoms with Gasteiger partial charge in [0.25, 0.3) is 0 Å². The number of carbonyl (C=O) groups excluding carboxylic acids is 1. The molecule has 3 atom stereocenters. The van der Waals surface area contributed by atoms with Gasteiger partial charge in [-0.05, 0) is 89.9 Å². The Hall–Kier alpha value is -2.36. The van der Waals surface area contributed by atoms with Crippen LogP contribution in [0, 0.1) is 0 Å².